The lowest BCUT2D eigenvalue weighted by molar-refractivity contribution is 1.07. The maximum absolute atomic E-state index is 4.59. The quantitative estimate of drug-likeness (QED) is 0.460. The molecule has 1 aromatic heterocycles. The summed E-state index contributed by atoms with van der Waals surface area (Å²) in [6, 6.07) is 18.4. The van der Waals surface area contributed by atoms with E-state index < -0.39 is 0 Å². The predicted octanol–water partition coefficient (Wildman–Crippen LogP) is 6.06. The molecular weight excluding hydrogens is 404 g/mol. The zero-order valence-electron chi connectivity index (χ0n) is 12.0. The summed E-state index contributed by atoms with van der Waals surface area (Å²) in [6.45, 7) is 2.07. The molecule has 3 aromatic rings. The maximum Gasteiger partial charge on any atom is 0.0772 e. The van der Waals surface area contributed by atoms with E-state index in [-0.39, 0.29) is 0 Å². The fourth-order valence-corrected chi connectivity index (χ4v) is 3.05. The number of rotatable bonds is 3. The smallest absolute Gasteiger partial charge is 0.0772 e. The monoisotopic (exact) mass is 416 g/mol. The summed E-state index contributed by atoms with van der Waals surface area (Å²) in [7, 11) is 0. The van der Waals surface area contributed by atoms with Crippen molar-refractivity contribution in [3.05, 3.63) is 81.0 Å². The normalized spacial score (nSPS) is 11.2. The molecule has 0 aliphatic rings. The first kappa shape index (κ1) is 15.3. The van der Waals surface area contributed by atoms with E-state index in [1.54, 1.807) is 0 Å². The fraction of sp³-hybridized carbons (Fsp3) is 0.0556. The van der Waals surface area contributed by atoms with Gasteiger partial charge in [-0.15, -0.1) is 0 Å². The minimum absolute atomic E-state index is 0.925. The highest BCUT2D eigenvalue weighted by atomic mass is 79.9. The molecule has 1 heterocycles. The van der Waals surface area contributed by atoms with Gasteiger partial charge in [-0.25, -0.2) is 0 Å². The fourth-order valence-electron chi connectivity index (χ4n) is 2.19. The number of nitrogens with zero attached hydrogens (tertiary/aromatic N) is 2. The van der Waals surface area contributed by atoms with Crippen LogP contribution in [0.25, 0.3) is 5.69 Å². The summed E-state index contributed by atoms with van der Waals surface area (Å²) in [5, 5.41) is 0. The Labute approximate surface area is 146 Å². The van der Waals surface area contributed by atoms with Crippen molar-refractivity contribution in [2.24, 2.45) is 4.99 Å². The molecule has 0 amide bonds. The molecule has 0 atom stereocenters. The molecule has 22 heavy (non-hydrogen) atoms. The van der Waals surface area contributed by atoms with E-state index in [0.29, 0.717) is 0 Å². The summed E-state index contributed by atoms with van der Waals surface area (Å²) in [4.78, 5) is 4.59. The van der Waals surface area contributed by atoms with Gasteiger partial charge in [-0.2, -0.15) is 0 Å². The van der Waals surface area contributed by atoms with Gasteiger partial charge in [-0.3, -0.25) is 4.99 Å². The average molecular weight is 418 g/mol. The van der Waals surface area contributed by atoms with Gasteiger partial charge in [-0.05, 0) is 76.9 Å². The summed E-state index contributed by atoms with van der Waals surface area (Å²) in [5.74, 6) is 0. The Morgan fingerprint density at radius 3 is 2.50 bits per heavy atom. The topological polar surface area (TPSA) is 17.3 Å². The minimum Gasteiger partial charge on any atom is -0.316 e. The van der Waals surface area contributed by atoms with Gasteiger partial charge in [0.05, 0.1) is 17.6 Å². The van der Waals surface area contributed by atoms with Crippen LogP contribution in [0.1, 0.15) is 11.3 Å². The first-order chi connectivity index (χ1) is 10.6. The van der Waals surface area contributed by atoms with Crippen molar-refractivity contribution in [2.75, 3.05) is 0 Å². The standard InChI is InChI=1S/C18H14Br2N2/c1-13-4-9-18(17(20)11-13)21-12-16-3-2-10-22(16)15-7-5-14(19)6-8-15/h2-12H,1H3. The first-order valence-corrected chi connectivity index (χ1v) is 8.45. The molecule has 0 aliphatic heterocycles. The summed E-state index contributed by atoms with van der Waals surface area (Å²) in [6.07, 6.45) is 3.92. The Bertz CT molecular complexity index is 817. The largest absolute Gasteiger partial charge is 0.316 e. The molecule has 2 aromatic carbocycles. The maximum atomic E-state index is 4.59. The molecule has 0 unspecified atom stereocenters. The molecular formula is C18H14Br2N2. The molecule has 4 heteroatoms. The van der Waals surface area contributed by atoms with Crippen molar-refractivity contribution in [3.8, 4) is 5.69 Å². The average Bonchev–Trinajstić information content (AvgIpc) is 2.95. The number of aliphatic imine (C=N–C) groups is 1. The van der Waals surface area contributed by atoms with Gasteiger partial charge in [0, 0.05) is 20.8 Å². The molecule has 0 spiro atoms. The van der Waals surface area contributed by atoms with E-state index in [1.807, 2.05) is 42.7 Å². The summed E-state index contributed by atoms with van der Waals surface area (Å²) < 4.78 is 4.19. The lowest BCUT2D eigenvalue weighted by Crippen LogP contribution is -1.97. The van der Waals surface area contributed by atoms with Crippen molar-refractivity contribution in [3.63, 3.8) is 0 Å². The molecule has 3 rings (SSSR count). The van der Waals surface area contributed by atoms with Crippen LogP contribution in [-0.4, -0.2) is 10.8 Å². The van der Waals surface area contributed by atoms with Gasteiger partial charge in [0.15, 0.2) is 0 Å². The third-order valence-electron chi connectivity index (χ3n) is 3.32. The summed E-state index contributed by atoms with van der Waals surface area (Å²) in [5.41, 5.74) is 4.28. The Balaban J connectivity index is 1.92. The highest BCUT2D eigenvalue weighted by Crippen LogP contribution is 2.26. The zero-order chi connectivity index (χ0) is 15.5. The molecule has 0 N–H and O–H groups in total. The first-order valence-electron chi connectivity index (χ1n) is 6.87. The van der Waals surface area contributed by atoms with E-state index in [4.69, 9.17) is 0 Å². The molecule has 110 valence electrons. The molecule has 0 bridgehead atoms. The van der Waals surface area contributed by atoms with Crippen molar-refractivity contribution < 1.29 is 0 Å². The van der Waals surface area contributed by atoms with Gasteiger partial charge in [0.2, 0.25) is 0 Å². The third-order valence-corrected chi connectivity index (χ3v) is 4.49. The van der Waals surface area contributed by atoms with Crippen molar-refractivity contribution in [1.82, 2.24) is 4.57 Å². The molecule has 0 aliphatic carbocycles. The lowest BCUT2D eigenvalue weighted by Gasteiger charge is -2.06. The molecule has 0 fully saturated rings. The highest BCUT2D eigenvalue weighted by molar-refractivity contribution is 9.10. The van der Waals surface area contributed by atoms with Gasteiger partial charge < -0.3 is 4.57 Å². The second-order valence-corrected chi connectivity index (χ2v) is 6.76. The lowest BCUT2D eigenvalue weighted by atomic mass is 10.2. The van der Waals surface area contributed by atoms with Gasteiger partial charge in [0.25, 0.3) is 0 Å². The minimum atomic E-state index is 0.925. The van der Waals surface area contributed by atoms with Gasteiger partial charge >= 0.3 is 0 Å². The van der Waals surface area contributed by atoms with E-state index in [9.17, 15) is 0 Å². The van der Waals surface area contributed by atoms with Crippen LogP contribution in [0.2, 0.25) is 0 Å². The number of hydrogen-bond acceptors (Lipinski definition) is 1. The summed E-state index contributed by atoms with van der Waals surface area (Å²) >= 11 is 7.02. The van der Waals surface area contributed by atoms with Crippen molar-refractivity contribution in [2.45, 2.75) is 6.92 Å². The molecule has 2 nitrogen and oxygen atoms in total. The van der Waals surface area contributed by atoms with Gasteiger partial charge in [0.1, 0.15) is 0 Å². The van der Waals surface area contributed by atoms with Crippen LogP contribution in [0.3, 0.4) is 0 Å². The second-order valence-electron chi connectivity index (χ2n) is 4.99. The van der Waals surface area contributed by atoms with Crippen LogP contribution < -0.4 is 0 Å². The Morgan fingerprint density at radius 1 is 1.00 bits per heavy atom. The van der Waals surface area contributed by atoms with Crippen LogP contribution in [0.15, 0.2) is 74.7 Å². The molecule has 0 saturated heterocycles. The number of hydrogen-bond donors (Lipinski definition) is 0. The van der Waals surface area contributed by atoms with Crippen molar-refractivity contribution in [1.29, 1.82) is 0 Å². The number of aromatic nitrogens is 1. The number of benzene rings is 2. The Hall–Kier alpha value is -1.65. The van der Waals surface area contributed by atoms with E-state index in [1.165, 1.54) is 5.56 Å². The van der Waals surface area contributed by atoms with E-state index in [2.05, 4.69) is 72.6 Å². The molecule has 0 radical (unpaired) electrons. The highest BCUT2D eigenvalue weighted by Gasteiger charge is 2.02. The van der Waals surface area contributed by atoms with E-state index >= 15 is 0 Å². The predicted molar refractivity (Wildman–Crippen MR) is 99.6 cm³/mol. The second kappa shape index (κ2) is 6.63. The number of halogens is 2. The van der Waals surface area contributed by atoms with Crippen LogP contribution in [0.5, 0.6) is 0 Å². The van der Waals surface area contributed by atoms with Crippen LogP contribution in [-0.2, 0) is 0 Å². The van der Waals surface area contributed by atoms with Crippen molar-refractivity contribution >= 4 is 43.8 Å². The molecule has 0 saturated carbocycles. The Kier molecular flexibility index (Phi) is 4.60. The van der Waals surface area contributed by atoms with E-state index in [0.717, 1.165) is 26.0 Å². The SMILES string of the molecule is Cc1ccc(N=Cc2cccn2-c2ccc(Br)cc2)c(Br)c1. The third kappa shape index (κ3) is 3.39. The number of aryl methyl sites for hydroxylation is 1. The van der Waals surface area contributed by atoms with Crippen LogP contribution in [0.4, 0.5) is 5.69 Å². The van der Waals surface area contributed by atoms with Crippen LogP contribution >= 0.6 is 31.9 Å². The van der Waals surface area contributed by atoms with Crippen LogP contribution in [0, 0.1) is 6.92 Å². The van der Waals surface area contributed by atoms with Gasteiger partial charge in [-0.1, -0.05) is 22.0 Å². The zero-order valence-corrected chi connectivity index (χ0v) is 15.2. The Morgan fingerprint density at radius 2 is 1.77 bits per heavy atom.